The Morgan fingerprint density at radius 3 is 2.79 bits per heavy atom. The first kappa shape index (κ1) is 12.2. The van der Waals surface area contributed by atoms with E-state index in [9.17, 15) is 0 Å². The number of ether oxygens (including phenoxy) is 1. The summed E-state index contributed by atoms with van der Waals surface area (Å²) < 4.78 is 7.81. The van der Waals surface area contributed by atoms with Crippen LogP contribution in [-0.2, 0) is 13.1 Å². The highest BCUT2D eigenvalue weighted by Crippen LogP contribution is 2.18. The molecule has 1 aliphatic rings. The van der Waals surface area contributed by atoms with E-state index < -0.39 is 0 Å². The molecule has 0 saturated carbocycles. The summed E-state index contributed by atoms with van der Waals surface area (Å²) in [6.07, 6.45) is 1.91. The van der Waals surface area contributed by atoms with Crippen LogP contribution in [0.2, 0.25) is 0 Å². The Hall–Kier alpha value is -1.88. The molecule has 5 heteroatoms. The van der Waals surface area contributed by atoms with Crippen LogP contribution < -0.4 is 4.74 Å². The maximum absolute atomic E-state index is 5.87. The van der Waals surface area contributed by atoms with E-state index in [-0.39, 0.29) is 0 Å². The van der Waals surface area contributed by atoms with Crippen molar-refractivity contribution in [1.29, 1.82) is 0 Å². The smallest absolute Gasteiger partial charge is 0.140 e. The van der Waals surface area contributed by atoms with Crippen LogP contribution in [0.5, 0.6) is 5.75 Å². The molecule has 0 bridgehead atoms. The van der Waals surface area contributed by atoms with E-state index in [0.29, 0.717) is 6.10 Å². The molecule has 0 aliphatic carbocycles. The van der Waals surface area contributed by atoms with Crippen molar-refractivity contribution in [1.82, 2.24) is 19.7 Å². The zero-order valence-electron chi connectivity index (χ0n) is 11.1. The number of likely N-dealkylation sites (tertiary alicyclic amines) is 1. The van der Waals surface area contributed by atoms with Crippen molar-refractivity contribution in [3.8, 4) is 5.75 Å². The Bertz CT molecular complexity index is 519. The van der Waals surface area contributed by atoms with Crippen LogP contribution >= 0.6 is 0 Å². The number of para-hydroxylation sites is 1. The predicted octanol–water partition coefficient (Wildman–Crippen LogP) is 1.56. The summed E-state index contributed by atoms with van der Waals surface area (Å²) in [5, 5.41) is 4.18. The van der Waals surface area contributed by atoms with Crippen LogP contribution in [0.1, 0.15) is 12.7 Å². The van der Waals surface area contributed by atoms with E-state index >= 15 is 0 Å². The van der Waals surface area contributed by atoms with Gasteiger partial charge >= 0.3 is 0 Å². The quantitative estimate of drug-likeness (QED) is 0.816. The number of nitrogens with zero attached hydrogens (tertiary/aromatic N) is 4. The second kappa shape index (κ2) is 5.40. The topological polar surface area (TPSA) is 43.2 Å². The molecule has 1 aromatic heterocycles. The van der Waals surface area contributed by atoms with Gasteiger partial charge in [0.05, 0.1) is 6.54 Å². The molecule has 19 heavy (non-hydrogen) atoms. The van der Waals surface area contributed by atoms with Gasteiger partial charge in [-0.2, -0.15) is 5.10 Å². The summed E-state index contributed by atoms with van der Waals surface area (Å²) in [5.74, 6) is 1.98. The molecular weight excluding hydrogens is 240 g/mol. The van der Waals surface area contributed by atoms with E-state index in [1.54, 1.807) is 6.33 Å². The fraction of sp³-hybridized carbons (Fsp3) is 0.429. The molecule has 100 valence electrons. The highest BCUT2D eigenvalue weighted by molar-refractivity contribution is 5.21. The molecule has 0 N–H and O–H groups in total. The second-order valence-corrected chi connectivity index (χ2v) is 4.74. The van der Waals surface area contributed by atoms with Gasteiger partial charge < -0.3 is 4.74 Å². The third-order valence-corrected chi connectivity index (χ3v) is 3.33. The molecule has 1 fully saturated rings. The molecule has 1 saturated heterocycles. The highest BCUT2D eigenvalue weighted by atomic mass is 16.5. The van der Waals surface area contributed by atoms with Crippen molar-refractivity contribution in [3.63, 3.8) is 0 Å². The Kier molecular flexibility index (Phi) is 3.46. The molecule has 0 amide bonds. The van der Waals surface area contributed by atoms with Crippen molar-refractivity contribution in [2.45, 2.75) is 26.1 Å². The van der Waals surface area contributed by atoms with Gasteiger partial charge in [0.25, 0.3) is 0 Å². The number of aryl methyl sites for hydroxylation is 1. The Morgan fingerprint density at radius 2 is 2.05 bits per heavy atom. The van der Waals surface area contributed by atoms with Gasteiger partial charge in [0.2, 0.25) is 0 Å². The Balaban J connectivity index is 1.48. The van der Waals surface area contributed by atoms with Crippen LogP contribution in [0.3, 0.4) is 0 Å². The Morgan fingerprint density at radius 1 is 1.26 bits per heavy atom. The lowest BCUT2D eigenvalue weighted by Crippen LogP contribution is -2.53. The molecule has 0 spiro atoms. The van der Waals surface area contributed by atoms with Crippen LogP contribution in [0.4, 0.5) is 0 Å². The van der Waals surface area contributed by atoms with Crippen LogP contribution in [0.25, 0.3) is 0 Å². The lowest BCUT2D eigenvalue weighted by atomic mass is 10.1. The van der Waals surface area contributed by atoms with E-state index in [1.807, 2.05) is 35.0 Å². The van der Waals surface area contributed by atoms with E-state index in [4.69, 9.17) is 4.74 Å². The lowest BCUT2D eigenvalue weighted by molar-refractivity contribution is 0.0122. The lowest BCUT2D eigenvalue weighted by Gasteiger charge is -2.38. The minimum Gasteiger partial charge on any atom is -0.488 e. The van der Waals surface area contributed by atoms with Crippen LogP contribution in [0, 0.1) is 0 Å². The molecule has 0 atom stereocenters. The average molecular weight is 258 g/mol. The maximum atomic E-state index is 5.87. The summed E-state index contributed by atoms with van der Waals surface area (Å²) in [5.41, 5.74) is 0. The van der Waals surface area contributed by atoms with Crippen molar-refractivity contribution in [3.05, 3.63) is 42.5 Å². The minimum absolute atomic E-state index is 0.292. The molecule has 0 unspecified atom stereocenters. The van der Waals surface area contributed by atoms with E-state index in [2.05, 4.69) is 21.9 Å². The minimum atomic E-state index is 0.292. The molecule has 0 radical (unpaired) electrons. The van der Waals surface area contributed by atoms with Crippen LogP contribution in [0.15, 0.2) is 36.7 Å². The molecule has 1 aliphatic heterocycles. The largest absolute Gasteiger partial charge is 0.488 e. The van der Waals surface area contributed by atoms with E-state index in [0.717, 1.165) is 37.8 Å². The average Bonchev–Trinajstić information content (AvgIpc) is 2.85. The van der Waals surface area contributed by atoms with Gasteiger partial charge in [0, 0.05) is 19.6 Å². The molecule has 1 aromatic carbocycles. The normalized spacial score (nSPS) is 16.3. The third kappa shape index (κ3) is 2.76. The monoisotopic (exact) mass is 258 g/mol. The van der Waals surface area contributed by atoms with Gasteiger partial charge in [-0.05, 0) is 19.1 Å². The number of aromatic nitrogens is 3. The summed E-state index contributed by atoms with van der Waals surface area (Å²) in [6.45, 7) is 5.70. The highest BCUT2D eigenvalue weighted by Gasteiger charge is 2.29. The summed E-state index contributed by atoms with van der Waals surface area (Å²) >= 11 is 0. The predicted molar refractivity (Wildman–Crippen MR) is 71.8 cm³/mol. The zero-order chi connectivity index (χ0) is 13.1. The third-order valence-electron chi connectivity index (χ3n) is 3.33. The summed E-state index contributed by atoms with van der Waals surface area (Å²) in [7, 11) is 0. The SMILES string of the molecule is CCn1ncnc1CN1CC(Oc2ccccc2)C1. The van der Waals surface area contributed by atoms with Crippen molar-refractivity contribution in [2.75, 3.05) is 13.1 Å². The molecule has 3 rings (SSSR count). The van der Waals surface area contributed by atoms with Gasteiger partial charge in [-0.3, -0.25) is 4.90 Å². The number of benzene rings is 1. The molecular formula is C14H18N4O. The van der Waals surface area contributed by atoms with Gasteiger partial charge in [-0.1, -0.05) is 18.2 Å². The fourth-order valence-corrected chi connectivity index (χ4v) is 2.29. The van der Waals surface area contributed by atoms with Gasteiger partial charge in [-0.15, -0.1) is 0 Å². The first-order chi connectivity index (χ1) is 9.35. The van der Waals surface area contributed by atoms with Gasteiger partial charge in [-0.25, -0.2) is 9.67 Å². The molecule has 5 nitrogen and oxygen atoms in total. The van der Waals surface area contributed by atoms with Crippen molar-refractivity contribution in [2.24, 2.45) is 0 Å². The fourth-order valence-electron chi connectivity index (χ4n) is 2.29. The zero-order valence-corrected chi connectivity index (χ0v) is 11.1. The summed E-state index contributed by atoms with van der Waals surface area (Å²) in [6, 6.07) is 9.98. The first-order valence-electron chi connectivity index (χ1n) is 6.66. The van der Waals surface area contributed by atoms with Crippen molar-refractivity contribution >= 4 is 0 Å². The Labute approximate surface area is 112 Å². The van der Waals surface area contributed by atoms with Crippen molar-refractivity contribution < 1.29 is 4.74 Å². The number of rotatable bonds is 5. The number of hydrogen-bond acceptors (Lipinski definition) is 4. The standard InChI is InChI=1S/C14H18N4O/c1-2-18-14(15-11-16-18)10-17-8-13(9-17)19-12-6-4-3-5-7-12/h3-7,11,13H,2,8-10H2,1H3. The molecule has 2 aromatic rings. The first-order valence-corrected chi connectivity index (χ1v) is 6.66. The second-order valence-electron chi connectivity index (χ2n) is 4.74. The van der Waals surface area contributed by atoms with Gasteiger partial charge in [0.15, 0.2) is 0 Å². The summed E-state index contributed by atoms with van der Waals surface area (Å²) in [4.78, 5) is 6.61. The van der Waals surface area contributed by atoms with Crippen LogP contribution in [-0.4, -0.2) is 38.9 Å². The maximum Gasteiger partial charge on any atom is 0.140 e. The van der Waals surface area contributed by atoms with Gasteiger partial charge in [0.1, 0.15) is 24.0 Å². The van der Waals surface area contributed by atoms with E-state index in [1.165, 1.54) is 0 Å². The molecule has 2 heterocycles. The number of hydrogen-bond donors (Lipinski definition) is 0.